The molecule has 0 aromatic heterocycles. The largest absolute Gasteiger partial charge is 0.336 e. The third kappa shape index (κ3) is 2.75. The average molecular weight is 315 g/mol. The van der Waals surface area contributed by atoms with E-state index in [0.717, 1.165) is 0 Å². The minimum atomic E-state index is -4.22. The Morgan fingerprint density at radius 1 is 0.947 bits per heavy atom. The third-order valence-corrected chi connectivity index (χ3v) is 4.96. The van der Waals surface area contributed by atoms with Crippen molar-refractivity contribution in [1.29, 1.82) is 0 Å². The molecule has 0 amide bonds. The fraction of sp³-hybridized carbons (Fsp3) is 0. The molecular weight excluding hydrogens is 306 g/mol. The van der Waals surface area contributed by atoms with E-state index in [1.54, 1.807) is 24.3 Å². The van der Waals surface area contributed by atoms with Gasteiger partial charge in [-0.15, -0.1) is 0 Å². The first-order valence-electron chi connectivity index (χ1n) is 5.32. The van der Waals surface area contributed by atoms with Gasteiger partial charge in [0.1, 0.15) is 0 Å². The van der Waals surface area contributed by atoms with E-state index in [9.17, 15) is 14.3 Å². The highest BCUT2D eigenvalue weighted by Gasteiger charge is 2.34. The summed E-state index contributed by atoms with van der Waals surface area (Å²) < 4.78 is 12.3. The minimum Gasteiger partial charge on any atom is -0.336 e. The van der Waals surface area contributed by atoms with Gasteiger partial charge in [0.2, 0.25) is 0 Å². The zero-order chi connectivity index (χ0) is 14.0. The molecule has 19 heavy (non-hydrogen) atoms. The number of carbonyl (C=O) groups is 1. The summed E-state index contributed by atoms with van der Waals surface area (Å²) in [5.74, 6) is 0. The predicted octanol–water partition coefficient (Wildman–Crippen LogP) is 3.73. The summed E-state index contributed by atoms with van der Waals surface area (Å²) in [6.07, 6.45) is 0. The van der Waals surface area contributed by atoms with E-state index in [1.165, 1.54) is 24.3 Å². The Hall–Kier alpha value is -1.12. The van der Waals surface area contributed by atoms with Gasteiger partial charge in [-0.2, -0.15) is 0 Å². The molecule has 0 fully saturated rings. The second-order valence-corrected chi connectivity index (χ2v) is 6.70. The molecule has 3 nitrogen and oxygen atoms in total. The molecule has 0 aliphatic carbocycles. The number of rotatable bonds is 3. The summed E-state index contributed by atoms with van der Waals surface area (Å²) in [5.41, 5.74) is -1.09. The van der Waals surface area contributed by atoms with Gasteiger partial charge in [-0.3, -0.25) is 9.36 Å². The smallest absolute Gasteiger partial charge is 0.298 e. The summed E-state index contributed by atoms with van der Waals surface area (Å²) in [4.78, 5) is 22.3. The molecule has 98 valence electrons. The molecule has 1 unspecified atom stereocenters. The molecular formula is C13H9Cl2O3P. The second-order valence-electron chi connectivity index (χ2n) is 3.81. The van der Waals surface area contributed by atoms with Gasteiger partial charge >= 0.3 is 0 Å². The molecule has 0 radical (unpaired) electrons. The SMILES string of the molecule is O=C(c1c(Cl)cccc1Cl)P(=O)(O)c1ccccc1. The predicted molar refractivity (Wildman–Crippen MR) is 76.7 cm³/mol. The topological polar surface area (TPSA) is 54.4 Å². The van der Waals surface area contributed by atoms with E-state index in [0.29, 0.717) is 0 Å². The van der Waals surface area contributed by atoms with E-state index in [1.807, 2.05) is 0 Å². The maximum atomic E-state index is 12.3. The standard InChI is InChI=1S/C13H9Cl2O3P/c14-10-7-4-8-11(15)12(10)13(16)19(17,18)9-5-2-1-3-6-9/h1-8H,(H,17,18). The van der Waals surface area contributed by atoms with Crippen LogP contribution in [0.1, 0.15) is 10.4 Å². The summed E-state index contributed by atoms with van der Waals surface area (Å²) in [5, 5.41) is 0.168. The first kappa shape index (κ1) is 14.3. The lowest BCUT2D eigenvalue weighted by Gasteiger charge is -2.12. The molecule has 2 rings (SSSR count). The fourth-order valence-electron chi connectivity index (χ4n) is 1.60. The van der Waals surface area contributed by atoms with Crippen LogP contribution in [0, 0.1) is 0 Å². The van der Waals surface area contributed by atoms with Crippen LogP contribution in [0.2, 0.25) is 10.0 Å². The third-order valence-electron chi connectivity index (χ3n) is 2.56. The fourth-order valence-corrected chi connectivity index (χ4v) is 3.66. The van der Waals surface area contributed by atoms with E-state index in [-0.39, 0.29) is 20.9 Å². The number of hydrogen-bond acceptors (Lipinski definition) is 2. The lowest BCUT2D eigenvalue weighted by molar-refractivity contribution is 0.106. The Labute approximate surface area is 120 Å². The summed E-state index contributed by atoms with van der Waals surface area (Å²) in [6.45, 7) is 0. The van der Waals surface area contributed by atoms with E-state index in [2.05, 4.69) is 0 Å². The second kappa shape index (κ2) is 5.48. The van der Waals surface area contributed by atoms with Crippen molar-refractivity contribution in [3.63, 3.8) is 0 Å². The van der Waals surface area contributed by atoms with E-state index in [4.69, 9.17) is 23.2 Å². The highest BCUT2D eigenvalue weighted by molar-refractivity contribution is 7.82. The minimum absolute atomic E-state index is 0.0518. The van der Waals surface area contributed by atoms with Gasteiger partial charge in [0.15, 0.2) is 0 Å². The van der Waals surface area contributed by atoms with Gasteiger partial charge in [0.05, 0.1) is 15.6 Å². The van der Waals surface area contributed by atoms with Gasteiger partial charge in [-0.1, -0.05) is 47.5 Å². The van der Waals surface area contributed by atoms with Crippen LogP contribution in [0.15, 0.2) is 48.5 Å². The van der Waals surface area contributed by atoms with Crippen molar-refractivity contribution in [2.24, 2.45) is 0 Å². The van der Waals surface area contributed by atoms with Gasteiger partial charge < -0.3 is 4.89 Å². The van der Waals surface area contributed by atoms with Crippen LogP contribution in [0.5, 0.6) is 0 Å². The zero-order valence-corrected chi connectivity index (χ0v) is 12.0. The molecule has 0 saturated heterocycles. The zero-order valence-electron chi connectivity index (χ0n) is 9.59. The first-order chi connectivity index (χ1) is 8.94. The van der Waals surface area contributed by atoms with Crippen molar-refractivity contribution < 1.29 is 14.3 Å². The Morgan fingerprint density at radius 2 is 1.47 bits per heavy atom. The van der Waals surface area contributed by atoms with Crippen LogP contribution in [0.4, 0.5) is 0 Å². The van der Waals surface area contributed by atoms with Crippen molar-refractivity contribution in [2.45, 2.75) is 0 Å². The summed E-state index contributed by atoms with van der Waals surface area (Å²) in [7, 11) is -4.22. The highest BCUT2D eigenvalue weighted by atomic mass is 35.5. The maximum Gasteiger partial charge on any atom is 0.298 e. The summed E-state index contributed by atoms with van der Waals surface area (Å²) in [6, 6.07) is 12.2. The molecule has 0 bridgehead atoms. The number of hydrogen-bond donors (Lipinski definition) is 1. The molecule has 0 saturated carbocycles. The van der Waals surface area contributed by atoms with Crippen molar-refractivity contribution in [3.05, 3.63) is 64.1 Å². The lowest BCUT2D eigenvalue weighted by Crippen LogP contribution is -2.13. The number of halogens is 2. The van der Waals surface area contributed by atoms with Crippen LogP contribution >= 0.6 is 30.6 Å². The number of benzene rings is 2. The Balaban J connectivity index is 2.54. The van der Waals surface area contributed by atoms with Crippen LogP contribution in [0.3, 0.4) is 0 Å². The van der Waals surface area contributed by atoms with Gasteiger partial charge in [0.25, 0.3) is 12.9 Å². The number of carbonyl (C=O) groups excluding carboxylic acids is 1. The van der Waals surface area contributed by atoms with Crippen molar-refractivity contribution in [1.82, 2.24) is 0 Å². The molecule has 0 aliphatic heterocycles. The monoisotopic (exact) mass is 314 g/mol. The van der Waals surface area contributed by atoms with Gasteiger partial charge in [0, 0.05) is 5.30 Å². The van der Waals surface area contributed by atoms with Crippen LogP contribution < -0.4 is 5.30 Å². The Morgan fingerprint density at radius 3 is 2.00 bits per heavy atom. The lowest BCUT2D eigenvalue weighted by atomic mass is 10.2. The Bertz CT molecular complexity index is 651. The molecule has 0 heterocycles. The van der Waals surface area contributed by atoms with Crippen molar-refractivity contribution >= 4 is 41.4 Å². The molecule has 0 aliphatic rings. The molecule has 6 heteroatoms. The van der Waals surface area contributed by atoms with Gasteiger partial charge in [-0.05, 0) is 24.3 Å². The Kier molecular flexibility index (Phi) is 4.12. The average Bonchev–Trinajstić information content (AvgIpc) is 2.39. The first-order valence-corrected chi connectivity index (χ1v) is 7.73. The maximum absolute atomic E-state index is 12.3. The van der Waals surface area contributed by atoms with Crippen LogP contribution in [0.25, 0.3) is 0 Å². The van der Waals surface area contributed by atoms with Crippen molar-refractivity contribution in [2.75, 3.05) is 0 Å². The highest BCUT2D eigenvalue weighted by Crippen LogP contribution is 2.45. The quantitative estimate of drug-likeness (QED) is 0.878. The molecule has 2 aromatic carbocycles. The van der Waals surface area contributed by atoms with Crippen molar-refractivity contribution in [3.8, 4) is 0 Å². The molecule has 1 N–H and O–H groups in total. The summed E-state index contributed by atoms with van der Waals surface area (Å²) >= 11 is 11.8. The molecule has 1 atom stereocenters. The van der Waals surface area contributed by atoms with E-state index >= 15 is 0 Å². The van der Waals surface area contributed by atoms with Gasteiger partial charge in [-0.25, -0.2) is 0 Å². The van der Waals surface area contributed by atoms with Crippen LogP contribution in [-0.4, -0.2) is 10.4 Å². The van der Waals surface area contributed by atoms with E-state index < -0.39 is 12.9 Å². The van der Waals surface area contributed by atoms with Crippen LogP contribution in [-0.2, 0) is 4.57 Å². The molecule has 0 spiro atoms. The molecule has 2 aromatic rings. The normalized spacial score (nSPS) is 13.8.